The summed E-state index contributed by atoms with van der Waals surface area (Å²) in [7, 11) is 0. The van der Waals surface area contributed by atoms with Crippen molar-refractivity contribution in [3.05, 3.63) is 193 Å². The maximum absolute atomic E-state index is 5.10. The monoisotopic (exact) mass is 744 g/mol. The fourth-order valence-corrected chi connectivity index (χ4v) is 10.2. The lowest BCUT2D eigenvalue weighted by Gasteiger charge is -2.13. The molecular weight excluding hydrogens is 713 g/mol. The third-order valence-electron chi connectivity index (χ3n) is 11.5. The average Bonchev–Trinajstić information content (AvgIpc) is 3.96. The number of hydrogen-bond donors (Lipinski definition) is 0. The van der Waals surface area contributed by atoms with Crippen molar-refractivity contribution in [3.8, 4) is 62.1 Å². The molecular formula is C52H32N4S. The lowest BCUT2D eigenvalue weighted by Crippen LogP contribution is -2.00. The van der Waals surface area contributed by atoms with E-state index in [1.54, 1.807) is 0 Å². The highest BCUT2D eigenvalue weighted by Gasteiger charge is 2.26. The van der Waals surface area contributed by atoms with Crippen LogP contribution in [0.25, 0.3) is 104 Å². The summed E-state index contributed by atoms with van der Waals surface area (Å²) in [5.74, 6) is 2.01. The molecule has 5 heteroatoms. The standard InChI is InChI=1S/C52H32N4S/c1-3-14-32(15-4-1)50-53-51(33-16-5-2-6-17-33)55-52(54-50)41-23-13-27-47-49(41)40-29-28-34(30-48(40)57-47)35-20-11-21-36-37-22-12-26-46(43(37)31-42(35)36)56-44-24-9-7-18-38(44)39-19-8-10-25-45(39)56/h1-30H,31H2. The summed E-state index contributed by atoms with van der Waals surface area (Å²) in [6, 6.07) is 65.0. The summed E-state index contributed by atoms with van der Waals surface area (Å²) in [4.78, 5) is 15.1. The second-order valence-corrected chi connectivity index (χ2v) is 15.8. The van der Waals surface area contributed by atoms with Gasteiger partial charge < -0.3 is 4.57 Å². The molecule has 0 aliphatic heterocycles. The van der Waals surface area contributed by atoms with E-state index in [0.29, 0.717) is 17.5 Å². The molecule has 0 N–H and O–H groups in total. The van der Waals surface area contributed by atoms with Gasteiger partial charge in [0.15, 0.2) is 17.5 Å². The molecule has 11 aromatic rings. The van der Waals surface area contributed by atoms with Crippen LogP contribution in [0.3, 0.4) is 0 Å². The Morgan fingerprint density at radius 3 is 1.65 bits per heavy atom. The fourth-order valence-electron chi connectivity index (χ4n) is 8.99. The van der Waals surface area contributed by atoms with Crippen molar-refractivity contribution in [2.75, 3.05) is 0 Å². The van der Waals surface area contributed by atoms with Gasteiger partial charge in [-0.1, -0.05) is 152 Å². The summed E-state index contributed by atoms with van der Waals surface area (Å²) in [6.45, 7) is 0. The van der Waals surface area contributed by atoms with Crippen LogP contribution in [0.4, 0.5) is 0 Å². The summed E-state index contributed by atoms with van der Waals surface area (Å²) in [5.41, 5.74) is 14.6. The Kier molecular flexibility index (Phi) is 7.13. The zero-order chi connectivity index (χ0) is 37.5. The van der Waals surface area contributed by atoms with Crippen molar-refractivity contribution >= 4 is 53.3 Å². The maximum Gasteiger partial charge on any atom is 0.164 e. The van der Waals surface area contributed by atoms with Gasteiger partial charge in [0.25, 0.3) is 0 Å². The number of aromatic nitrogens is 4. The molecule has 266 valence electrons. The molecule has 57 heavy (non-hydrogen) atoms. The van der Waals surface area contributed by atoms with E-state index in [1.165, 1.54) is 81.0 Å². The number of benzene rings is 8. The highest BCUT2D eigenvalue weighted by Crippen LogP contribution is 2.47. The van der Waals surface area contributed by atoms with Crippen LogP contribution in [0, 0.1) is 0 Å². The van der Waals surface area contributed by atoms with Crippen LogP contribution in [-0.4, -0.2) is 19.5 Å². The van der Waals surface area contributed by atoms with Crippen LogP contribution in [-0.2, 0) is 6.42 Å². The van der Waals surface area contributed by atoms with Crippen LogP contribution in [0.1, 0.15) is 11.1 Å². The van der Waals surface area contributed by atoms with Gasteiger partial charge >= 0.3 is 0 Å². The molecule has 1 aliphatic rings. The Morgan fingerprint density at radius 1 is 0.386 bits per heavy atom. The third kappa shape index (κ3) is 5.03. The molecule has 0 saturated carbocycles. The summed E-state index contributed by atoms with van der Waals surface area (Å²) < 4.78 is 4.92. The minimum absolute atomic E-state index is 0.665. The fraction of sp³-hybridized carbons (Fsp3) is 0.0192. The van der Waals surface area contributed by atoms with Crippen molar-refractivity contribution in [1.29, 1.82) is 0 Å². The van der Waals surface area contributed by atoms with E-state index in [2.05, 4.69) is 150 Å². The second kappa shape index (κ2) is 12.7. The van der Waals surface area contributed by atoms with Crippen LogP contribution < -0.4 is 0 Å². The number of thiophene rings is 1. The summed E-state index contributed by atoms with van der Waals surface area (Å²) in [5, 5.41) is 4.95. The first-order chi connectivity index (χ1) is 28.3. The second-order valence-electron chi connectivity index (χ2n) is 14.7. The number of para-hydroxylation sites is 2. The minimum Gasteiger partial charge on any atom is -0.309 e. The maximum atomic E-state index is 5.10. The molecule has 1 aliphatic carbocycles. The Labute approximate surface area is 333 Å². The SMILES string of the molecule is c1ccc(-c2nc(-c3ccccc3)nc(-c3cccc4sc5cc(-c6cccc7c6Cc6c-7cccc6-n6c7ccccc7c7ccccc76)ccc5c34)n2)cc1. The van der Waals surface area contributed by atoms with Crippen molar-refractivity contribution in [1.82, 2.24) is 19.5 Å². The lowest BCUT2D eigenvalue weighted by atomic mass is 9.95. The Bertz CT molecular complexity index is 3270. The van der Waals surface area contributed by atoms with Gasteiger partial charge in [0.1, 0.15) is 0 Å². The molecule has 3 aromatic heterocycles. The van der Waals surface area contributed by atoms with Crippen LogP contribution in [0.15, 0.2) is 182 Å². The molecule has 12 rings (SSSR count). The summed E-state index contributed by atoms with van der Waals surface area (Å²) >= 11 is 1.83. The van der Waals surface area contributed by atoms with E-state index in [-0.39, 0.29) is 0 Å². The third-order valence-corrected chi connectivity index (χ3v) is 12.7. The van der Waals surface area contributed by atoms with E-state index in [9.17, 15) is 0 Å². The van der Waals surface area contributed by atoms with E-state index in [0.717, 1.165) is 23.1 Å². The van der Waals surface area contributed by atoms with Gasteiger partial charge in [0.05, 0.1) is 16.7 Å². The quantitative estimate of drug-likeness (QED) is 0.176. The zero-order valence-electron chi connectivity index (χ0n) is 30.7. The molecule has 0 unspecified atom stereocenters. The van der Waals surface area contributed by atoms with E-state index >= 15 is 0 Å². The molecule has 0 amide bonds. The van der Waals surface area contributed by atoms with Crippen molar-refractivity contribution < 1.29 is 0 Å². The first-order valence-electron chi connectivity index (χ1n) is 19.3. The lowest BCUT2D eigenvalue weighted by molar-refractivity contribution is 1.08. The zero-order valence-corrected chi connectivity index (χ0v) is 31.5. The van der Waals surface area contributed by atoms with Crippen LogP contribution in [0.5, 0.6) is 0 Å². The molecule has 0 spiro atoms. The number of fused-ring (bicyclic) bond motifs is 9. The molecule has 0 saturated heterocycles. The van der Waals surface area contributed by atoms with E-state index in [4.69, 9.17) is 15.0 Å². The molecule has 3 heterocycles. The average molecular weight is 745 g/mol. The number of nitrogens with zero attached hydrogens (tertiary/aromatic N) is 4. The molecule has 0 radical (unpaired) electrons. The topological polar surface area (TPSA) is 43.6 Å². The Balaban J connectivity index is 0.981. The van der Waals surface area contributed by atoms with Gasteiger partial charge in [-0.3, -0.25) is 0 Å². The largest absolute Gasteiger partial charge is 0.309 e. The Hall–Kier alpha value is -7.21. The molecule has 0 fully saturated rings. The molecule has 0 atom stereocenters. The minimum atomic E-state index is 0.665. The summed E-state index contributed by atoms with van der Waals surface area (Å²) in [6.07, 6.45) is 0.874. The van der Waals surface area contributed by atoms with Gasteiger partial charge in [0.2, 0.25) is 0 Å². The smallest absolute Gasteiger partial charge is 0.164 e. The van der Waals surface area contributed by atoms with Crippen LogP contribution >= 0.6 is 11.3 Å². The number of hydrogen-bond acceptors (Lipinski definition) is 4. The van der Waals surface area contributed by atoms with Gasteiger partial charge in [-0.05, 0) is 63.7 Å². The van der Waals surface area contributed by atoms with Crippen molar-refractivity contribution in [2.45, 2.75) is 6.42 Å². The highest BCUT2D eigenvalue weighted by molar-refractivity contribution is 7.26. The van der Waals surface area contributed by atoms with Crippen molar-refractivity contribution in [3.63, 3.8) is 0 Å². The number of rotatable bonds is 5. The molecule has 8 aromatic carbocycles. The Morgan fingerprint density at radius 2 is 0.947 bits per heavy atom. The van der Waals surface area contributed by atoms with E-state index < -0.39 is 0 Å². The van der Waals surface area contributed by atoms with Crippen LogP contribution in [0.2, 0.25) is 0 Å². The predicted octanol–water partition coefficient (Wildman–Crippen LogP) is 13.6. The van der Waals surface area contributed by atoms with Gasteiger partial charge in [-0.25, -0.2) is 15.0 Å². The highest BCUT2D eigenvalue weighted by atomic mass is 32.1. The normalized spacial score (nSPS) is 12.1. The predicted molar refractivity (Wildman–Crippen MR) is 237 cm³/mol. The molecule has 0 bridgehead atoms. The first-order valence-corrected chi connectivity index (χ1v) is 20.1. The van der Waals surface area contributed by atoms with Gasteiger partial charge in [-0.15, -0.1) is 11.3 Å². The van der Waals surface area contributed by atoms with Crippen molar-refractivity contribution in [2.24, 2.45) is 0 Å². The van der Waals surface area contributed by atoms with Gasteiger partial charge in [0, 0.05) is 54.1 Å². The van der Waals surface area contributed by atoms with E-state index in [1.807, 2.05) is 47.7 Å². The first kappa shape index (κ1) is 32.1. The van der Waals surface area contributed by atoms with Gasteiger partial charge in [-0.2, -0.15) is 0 Å². The molecule has 4 nitrogen and oxygen atoms in total.